The van der Waals surface area contributed by atoms with Crippen LogP contribution >= 0.6 is 11.6 Å². The van der Waals surface area contributed by atoms with Gasteiger partial charge < -0.3 is 5.73 Å². The second kappa shape index (κ2) is 3.86. The van der Waals surface area contributed by atoms with Gasteiger partial charge in [0.2, 0.25) is 0 Å². The van der Waals surface area contributed by atoms with Gasteiger partial charge in [0.15, 0.2) is 5.82 Å². The van der Waals surface area contributed by atoms with Crippen LogP contribution < -0.4 is 5.73 Å². The number of aryl methyl sites for hydroxylation is 1. The average Bonchev–Trinajstić information content (AvgIpc) is 2.69. The summed E-state index contributed by atoms with van der Waals surface area (Å²) in [7, 11) is 0. The molecule has 1 aromatic heterocycles. The molecule has 2 aromatic rings. The average molecular weight is 224 g/mol. The van der Waals surface area contributed by atoms with Gasteiger partial charge in [0.1, 0.15) is 0 Å². The molecule has 0 radical (unpaired) electrons. The normalized spacial score (nSPS) is 10.5. The Morgan fingerprint density at radius 2 is 2.27 bits per heavy atom. The lowest BCUT2D eigenvalue weighted by atomic mass is 10.2. The van der Waals surface area contributed by atoms with E-state index in [1.165, 1.54) is 0 Å². The van der Waals surface area contributed by atoms with Crippen LogP contribution in [-0.2, 0) is 6.42 Å². The van der Waals surface area contributed by atoms with Crippen molar-refractivity contribution in [3.63, 3.8) is 0 Å². The summed E-state index contributed by atoms with van der Waals surface area (Å²) in [4.78, 5) is 0. The van der Waals surface area contributed by atoms with Crippen molar-refractivity contribution in [1.82, 2.24) is 20.2 Å². The molecule has 0 aliphatic carbocycles. The van der Waals surface area contributed by atoms with E-state index < -0.39 is 0 Å². The molecule has 0 saturated heterocycles. The third-order valence-electron chi connectivity index (χ3n) is 2.07. The quantitative estimate of drug-likeness (QED) is 0.783. The highest BCUT2D eigenvalue weighted by molar-refractivity contribution is 6.30. The van der Waals surface area contributed by atoms with E-state index in [1.807, 2.05) is 6.92 Å². The molecule has 2 N–H and O–H groups in total. The van der Waals surface area contributed by atoms with Crippen molar-refractivity contribution in [2.75, 3.05) is 5.73 Å². The van der Waals surface area contributed by atoms with Gasteiger partial charge in [-0.2, -0.15) is 4.68 Å². The van der Waals surface area contributed by atoms with E-state index >= 15 is 0 Å². The van der Waals surface area contributed by atoms with Gasteiger partial charge in [0.25, 0.3) is 0 Å². The molecule has 0 amide bonds. The second-order valence-electron chi connectivity index (χ2n) is 3.06. The van der Waals surface area contributed by atoms with E-state index in [9.17, 15) is 0 Å². The molecule has 0 saturated carbocycles. The Kier molecular flexibility index (Phi) is 2.55. The van der Waals surface area contributed by atoms with Crippen molar-refractivity contribution < 1.29 is 0 Å². The van der Waals surface area contributed by atoms with Crippen LogP contribution in [0.5, 0.6) is 0 Å². The van der Waals surface area contributed by atoms with Gasteiger partial charge in [-0.05, 0) is 28.6 Å². The zero-order chi connectivity index (χ0) is 10.8. The highest BCUT2D eigenvalue weighted by Gasteiger charge is 2.09. The maximum absolute atomic E-state index is 5.89. The fourth-order valence-electron chi connectivity index (χ4n) is 1.31. The molecule has 2 rings (SSSR count). The highest BCUT2D eigenvalue weighted by atomic mass is 35.5. The fraction of sp³-hybridized carbons (Fsp3) is 0.222. The second-order valence-corrected chi connectivity index (χ2v) is 3.50. The predicted octanol–water partition coefficient (Wildman–Crippen LogP) is 1.46. The molecule has 15 heavy (non-hydrogen) atoms. The van der Waals surface area contributed by atoms with Gasteiger partial charge in [-0.25, -0.2) is 0 Å². The van der Waals surface area contributed by atoms with Crippen LogP contribution in [0, 0.1) is 0 Å². The molecule has 0 atom stereocenters. The molecule has 0 bridgehead atoms. The molecule has 0 fully saturated rings. The minimum absolute atomic E-state index is 0.599. The summed E-state index contributed by atoms with van der Waals surface area (Å²) < 4.78 is 1.60. The predicted molar refractivity (Wildman–Crippen MR) is 58.0 cm³/mol. The van der Waals surface area contributed by atoms with Gasteiger partial charge in [0.05, 0.1) is 11.4 Å². The molecule has 1 aromatic carbocycles. The van der Waals surface area contributed by atoms with Crippen LogP contribution in [0.15, 0.2) is 18.2 Å². The number of anilines is 1. The van der Waals surface area contributed by atoms with Crippen molar-refractivity contribution in [2.45, 2.75) is 13.3 Å². The Bertz CT molecular complexity index is 479. The molecular weight excluding hydrogens is 214 g/mol. The van der Waals surface area contributed by atoms with Crippen molar-refractivity contribution in [3.05, 3.63) is 29.0 Å². The Morgan fingerprint density at radius 1 is 1.47 bits per heavy atom. The molecule has 0 aliphatic rings. The Labute approximate surface area is 91.8 Å². The molecular formula is C9H10ClN5. The number of nitrogen functional groups attached to an aromatic ring is 1. The van der Waals surface area contributed by atoms with Crippen molar-refractivity contribution >= 4 is 17.3 Å². The number of nitrogens with zero attached hydrogens (tertiary/aromatic N) is 4. The van der Waals surface area contributed by atoms with Gasteiger partial charge in [-0.3, -0.25) is 0 Å². The van der Waals surface area contributed by atoms with E-state index in [-0.39, 0.29) is 0 Å². The SMILES string of the molecule is CCc1nnnn1-c1cc(Cl)ccc1N. The molecule has 6 heteroatoms. The Morgan fingerprint density at radius 3 is 3.00 bits per heavy atom. The van der Waals surface area contributed by atoms with E-state index in [0.717, 1.165) is 12.2 Å². The lowest BCUT2D eigenvalue weighted by Crippen LogP contribution is -2.05. The lowest BCUT2D eigenvalue weighted by Gasteiger charge is -2.06. The van der Waals surface area contributed by atoms with Gasteiger partial charge in [0, 0.05) is 11.4 Å². The van der Waals surface area contributed by atoms with Crippen LogP contribution in [0.3, 0.4) is 0 Å². The number of nitrogens with two attached hydrogens (primary N) is 1. The summed E-state index contributed by atoms with van der Waals surface area (Å²) in [5.74, 6) is 0.754. The van der Waals surface area contributed by atoms with Crippen LogP contribution in [0.2, 0.25) is 5.02 Å². The third kappa shape index (κ3) is 1.78. The number of hydrogen-bond donors (Lipinski definition) is 1. The van der Waals surface area contributed by atoms with E-state index in [0.29, 0.717) is 16.4 Å². The van der Waals surface area contributed by atoms with E-state index in [1.54, 1.807) is 22.9 Å². The summed E-state index contributed by atoms with van der Waals surface area (Å²) in [5.41, 5.74) is 7.14. The van der Waals surface area contributed by atoms with Crippen LogP contribution in [0.25, 0.3) is 5.69 Å². The zero-order valence-corrected chi connectivity index (χ0v) is 8.94. The van der Waals surface area contributed by atoms with Crippen molar-refractivity contribution in [3.8, 4) is 5.69 Å². The minimum atomic E-state index is 0.599. The smallest absolute Gasteiger partial charge is 0.156 e. The Hall–Kier alpha value is -1.62. The maximum atomic E-state index is 5.89. The first kappa shape index (κ1) is 9.92. The number of aromatic nitrogens is 4. The minimum Gasteiger partial charge on any atom is -0.397 e. The van der Waals surface area contributed by atoms with Crippen molar-refractivity contribution in [1.29, 1.82) is 0 Å². The maximum Gasteiger partial charge on any atom is 0.156 e. The number of benzene rings is 1. The summed E-state index contributed by atoms with van der Waals surface area (Å²) in [5, 5.41) is 12.0. The van der Waals surface area contributed by atoms with Gasteiger partial charge >= 0.3 is 0 Å². The summed E-state index contributed by atoms with van der Waals surface area (Å²) in [6.45, 7) is 1.98. The first-order valence-corrected chi connectivity index (χ1v) is 4.93. The number of halogens is 1. The number of tetrazole rings is 1. The highest BCUT2D eigenvalue weighted by Crippen LogP contribution is 2.21. The molecule has 5 nitrogen and oxygen atoms in total. The molecule has 78 valence electrons. The molecule has 0 spiro atoms. The van der Waals surface area contributed by atoms with Crippen LogP contribution in [-0.4, -0.2) is 20.2 Å². The molecule has 1 heterocycles. The molecule has 0 unspecified atom stereocenters. The summed E-state index contributed by atoms with van der Waals surface area (Å²) in [6.07, 6.45) is 0.735. The van der Waals surface area contributed by atoms with Gasteiger partial charge in [-0.1, -0.05) is 18.5 Å². The van der Waals surface area contributed by atoms with Crippen molar-refractivity contribution in [2.24, 2.45) is 0 Å². The van der Waals surface area contributed by atoms with Crippen LogP contribution in [0.4, 0.5) is 5.69 Å². The van der Waals surface area contributed by atoms with E-state index in [2.05, 4.69) is 15.5 Å². The standard InChI is InChI=1S/C9H10ClN5/c1-2-9-12-13-14-15(9)8-5-6(10)3-4-7(8)11/h3-5H,2,11H2,1H3. The molecule has 0 aliphatic heterocycles. The van der Waals surface area contributed by atoms with Crippen LogP contribution in [0.1, 0.15) is 12.7 Å². The third-order valence-corrected chi connectivity index (χ3v) is 2.31. The fourth-order valence-corrected chi connectivity index (χ4v) is 1.48. The topological polar surface area (TPSA) is 69.6 Å². The largest absolute Gasteiger partial charge is 0.397 e. The Balaban J connectivity index is 2.58. The number of hydrogen-bond acceptors (Lipinski definition) is 4. The zero-order valence-electron chi connectivity index (χ0n) is 8.18. The summed E-state index contributed by atoms with van der Waals surface area (Å²) >= 11 is 5.89. The monoisotopic (exact) mass is 223 g/mol. The summed E-state index contributed by atoms with van der Waals surface area (Å²) in [6, 6.07) is 5.21. The van der Waals surface area contributed by atoms with E-state index in [4.69, 9.17) is 17.3 Å². The number of rotatable bonds is 2. The first-order chi connectivity index (χ1) is 7.22. The van der Waals surface area contributed by atoms with Gasteiger partial charge in [-0.15, -0.1) is 5.10 Å². The lowest BCUT2D eigenvalue weighted by molar-refractivity contribution is 0.768. The first-order valence-electron chi connectivity index (χ1n) is 4.55.